The summed E-state index contributed by atoms with van der Waals surface area (Å²) in [7, 11) is -1.83. The summed E-state index contributed by atoms with van der Waals surface area (Å²) in [6.45, 7) is 11.4. The molecule has 2 nitrogen and oxygen atoms in total. The number of aldehydes is 1. The molecule has 0 aromatic heterocycles. The van der Waals surface area contributed by atoms with Crippen molar-refractivity contribution in [2.75, 3.05) is 0 Å². The fraction of sp³-hybridized carbons (Fsp3) is 0.480. The van der Waals surface area contributed by atoms with Crippen LogP contribution in [0.2, 0.25) is 18.1 Å². The third-order valence-electron chi connectivity index (χ3n) is 5.89. The van der Waals surface area contributed by atoms with Crippen molar-refractivity contribution < 1.29 is 9.22 Å². The first-order valence-electron chi connectivity index (χ1n) is 10.5. The summed E-state index contributed by atoms with van der Waals surface area (Å²) in [5, 5.41) is 0.196. The van der Waals surface area contributed by atoms with Crippen molar-refractivity contribution in [3.05, 3.63) is 65.2 Å². The maximum absolute atomic E-state index is 10.4. The van der Waals surface area contributed by atoms with Gasteiger partial charge in [-0.25, -0.2) is 0 Å². The summed E-state index contributed by atoms with van der Waals surface area (Å²) in [5.74, 6) is 1.06. The van der Waals surface area contributed by atoms with Crippen molar-refractivity contribution in [2.45, 2.75) is 77.4 Å². The van der Waals surface area contributed by atoms with Crippen LogP contribution < -0.4 is 4.43 Å². The van der Waals surface area contributed by atoms with Crippen LogP contribution >= 0.6 is 0 Å². The summed E-state index contributed by atoms with van der Waals surface area (Å²) >= 11 is 0. The second kappa shape index (κ2) is 10.1. The first-order chi connectivity index (χ1) is 13.2. The van der Waals surface area contributed by atoms with E-state index in [1.54, 1.807) is 0 Å². The van der Waals surface area contributed by atoms with Gasteiger partial charge in [-0.1, -0.05) is 63.2 Å². The fourth-order valence-electron chi connectivity index (χ4n) is 2.95. The van der Waals surface area contributed by atoms with Gasteiger partial charge >= 0.3 is 0 Å². The third kappa shape index (κ3) is 6.63. The van der Waals surface area contributed by atoms with E-state index in [9.17, 15) is 4.79 Å². The predicted octanol–water partition coefficient (Wildman–Crippen LogP) is 6.77. The van der Waals surface area contributed by atoms with Crippen LogP contribution in [0, 0.1) is 0 Å². The normalized spacial score (nSPS) is 12.0. The molecule has 0 aliphatic rings. The molecule has 0 N–H and O–H groups in total. The zero-order chi connectivity index (χ0) is 20.6. The highest BCUT2D eigenvalue weighted by molar-refractivity contribution is 6.74. The Labute approximate surface area is 172 Å². The predicted molar refractivity (Wildman–Crippen MR) is 122 cm³/mol. The summed E-state index contributed by atoms with van der Waals surface area (Å²) in [4.78, 5) is 10.4. The van der Waals surface area contributed by atoms with Gasteiger partial charge in [0.05, 0.1) is 0 Å². The van der Waals surface area contributed by atoms with Gasteiger partial charge in [0.2, 0.25) is 8.32 Å². The Morgan fingerprint density at radius 3 is 2.07 bits per heavy atom. The lowest BCUT2D eigenvalue weighted by Gasteiger charge is -2.37. The molecule has 0 spiro atoms. The lowest BCUT2D eigenvalue weighted by Crippen LogP contribution is -2.44. The maximum Gasteiger partial charge on any atom is 0.250 e. The van der Waals surface area contributed by atoms with Crippen LogP contribution in [0.1, 0.15) is 56.7 Å². The first-order valence-corrected chi connectivity index (χ1v) is 13.4. The second-order valence-corrected chi connectivity index (χ2v) is 13.9. The average Bonchev–Trinajstić information content (AvgIpc) is 2.64. The van der Waals surface area contributed by atoms with E-state index in [1.165, 1.54) is 16.7 Å². The van der Waals surface area contributed by atoms with E-state index < -0.39 is 8.32 Å². The number of carbonyl (C=O) groups is 1. The monoisotopic (exact) mass is 396 g/mol. The standard InChI is InChI=1S/C25H36O2Si/c1-25(2,3)28(4,5)27-24-13-9-8-12-23(24)19-18-22-16-14-21(15-17-22)11-7-6-10-20-26/h8-9,12-17,20H,6-7,10-11,18-19H2,1-5H3. The van der Waals surface area contributed by atoms with Gasteiger partial charge in [-0.3, -0.25) is 0 Å². The Morgan fingerprint density at radius 2 is 1.46 bits per heavy atom. The molecule has 2 aromatic rings. The Kier molecular flexibility index (Phi) is 8.06. The third-order valence-corrected chi connectivity index (χ3v) is 10.2. The van der Waals surface area contributed by atoms with Crippen LogP contribution in [-0.2, 0) is 24.1 Å². The van der Waals surface area contributed by atoms with E-state index in [2.05, 4.69) is 82.4 Å². The molecule has 2 rings (SSSR count). The molecule has 0 saturated heterocycles. The molecule has 3 heteroatoms. The molecule has 0 unspecified atom stereocenters. The summed E-state index contributed by atoms with van der Waals surface area (Å²) < 4.78 is 6.58. The Hall–Kier alpha value is -1.87. The molecule has 28 heavy (non-hydrogen) atoms. The van der Waals surface area contributed by atoms with E-state index in [1.807, 2.05) is 0 Å². The number of hydrogen-bond donors (Lipinski definition) is 0. The lowest BCUT2D eigenvalue weighted by molar-refractivity contribution is -0.107. The number of aryl methyl sites for hydroxylation is 3. The summed E-state index contributed by atoms with van der Waals surface area (Å²) in [6.07, 6.45) is 6.81. The number of rotatable bonds is 10. The van der Waals surface area contributed by atoms with Gasteiger partial charge in [-0.15, -0.1) is 0 Å². The number of para-hydroxylation sites is 1. The molecule has 152 valence electrons. The van der Waals surface area contributed by atoms with Gasteiger partial charge in [-0.05, 0) is 73.0 Å². The molecule has 2 aromatic carbocycles. The van der Waals surface area contributed by atoms with Crippen molar-refractivity contribution >= 4 is 14.6 Å². The average molecular weight is 397 g/mol. The summed E-state index contributed by atoms with van der Waals surface area (Å²) in [6, 6.07) is 17.4. The molecule has 0 fully saturated rings. The SMILES string of the molecule is CC(C)(C)[Si](C)(C)Oc1ccccc1CCc1ccc(CCCCC=O)cc1. The number of carbonyl (C=O) groups excluding carboxylic acids is 1. The van der Waals surface area contributed by atoms with Crippen molar-refractivity contribution in [1.29, 1.82) is 0 Å². The van der Waals surface area contributed by atoms with Crippen molar-refractivity contribution in [1.82, 2.24) is 0 Å². The van der Waals surface area contributed by atoms with Gasteiger partial charge in [-0.2, -0.15) is 0 Å². The molecule has 0 atom stereocenters. The zero-order valence-electron chi connectivity index (χ0n) is 18.3. The van der Waals surface area contributed by atoms with Crippen molar-refractivity contribution in [3.63, 3.8) is 0 Å². The number of benzene rings is 2. The minimum Gasteiger partial charge on any atom is -0.543 e. The maximum atomic E-state index is 10.4. The van der Waals surface area contributed by atoms with E-state index in [-0.39, 0.29) is 5.04 Å². The van der Waals surface area contributed by atoms with Gasteiger partial charge in [0.15, 0.2) is 0 Å². The molecule has 0 aliphatic heterocycles. The zero-order valence-corrected chi connectivity index (χ0v) is 19.3. The van der Waals surface area contributed by atoms with Crippen molar-refractivity contribution in [2.24, 2.45) is 0 Å². The molecule has 0 heterocycles. The largest absolute Gasteiger partial charge is 0.543 e. The van der Waals surface area contributed by atoms with Crippen LogP contribution in [0.3, 0.4) is 0 Å². The van der Waals surface area contributed by atoms with Gasteiger partial charge in [0.1, 0.15) is 12.0 Å². The highest BCUT2D eigenvalue weighted by Crippen LogP contribution is 2.38. The van der Waals surface area contributed by atoms with Crippen molar-refractivity contribution in [3.8, 4) is 5.75 Å². The minimum atomic E-state index is -1.83. The topological polar surface area (TPSA) is 26.3 Å². The molecular weight excluding hydrogens is 360 g/mol. The summed E-state index contributed by atoms with van der Waals surface area (Å²) in [5.41, 5.74) is 4.01. The van der Waals surface area contributed by atoms with Gasteiger partial charge in [0, 0.05) is 6.42 Å². The number of unbranched alkanes of at least 4 members (excludes halogenated alkanes) is 2. The fourth-order valence-corrected chi connectivity index (χ4v) is 4.00. The van der Waals surface area contributed by atoms with Crippen LogP contribution in [0.15, 0.2) is 48.5 Å². The highest BCUT2D eigenvalue weighted by Gasteiger charge is 2.39. The Balaban J connectivity index is 1.97. The lowest BCUT2D eigenvalue weighted by atomic mass is 10.0. The molecule has 0 aliphatic carbocycles. The highest BCUT2D eigenvalue weighted by atomic mass is 28.4. The number of hydrogen-bond acceptors (Lipinski definition) is 2. The van der Waals surface area contributed by atoms with E-state index in [0.717, 1.165) is 44.1 Å². The van der Waals surface area contributed by atoms with Crippen LogP contribution in [0.4, 0.5) is 0 Å². The van der Waals surface area contributed by atoms with E-state index in [4.69, 9.17) is 4.43 Å². The van der Waals surface area contributed by atoms with Crippen LogP contribution in [0.25, 0.3) is 0 Å². The Bertz CT molecular complexity index is 742. The molecular formula is C25H36O2Si. The molecule has 0 amide bonds. The molecule has 0 radical (unpaired) electrons. The van der Waals surface area contributed by atoms with Gasteiger partial charge < -0.3 is 9.22 Å². The van der Waals surface area contributed by atoms with Crippen LogP contribution in [-0.4, -0.2) is 14.6 Å². The second-order valence-electron chi connectivity index (χ2n) is 9.20. The van der Waals surface area contributed by atoms with E-state index >= 15 is 0 Å². The quantitative estimate of drug-likeness (QED) is 0.252. The molecule has 0 bridgehead atoms. The minimum absolute atomic E-state index is 0.196. The first kappa shape index (κ1) is 22.4. The Morgan fingerprint density at radius 1 is 0.857 bits per heavy atom. The van der Waals surface area contributed by atoms with Gasteiger partial charge in [0.25, 0.3) is 0 Å². The molecule has 0 saturated carbocycles. The smallest absolute Gasteiger partial charge is 0.250 e. The van der Waals surface area contributed by atoms with E-state index in [0.29, 0.717) is 6.42 Å². The van der Waals surface area contributed by atoms with Crippen LogP contribution in [0.5, 0.6) is 5.75 Å².